The van der Waals surface area contributed by atoms with E-state index < -0.39 is 0 Å². The molecule has 0 spiro atoms. The average molecular weight is 296 g/mol. The third kappa shape index (κ3) is 3.12. The second-order valence-corrected chi connectivity index (χ2v) is 5.65. The molecule has 0 unspecified atom stereocenters. The van der Waals surface area contributed by atoms with E-state index >= 15 is 0 Å². The highest BCUT2D eigenvalue weighted by molar-refractivity contribution is 6.04. The van der Waals surface area contributed by atoms with E-state index in [-0.39, 0.29) is 5.91 Å². The van der Waals surface area contributed by atoms with Crippen molar-refractivity contribution in [2.24, 2.45) is 0 Å². The molecule has 0 aliphatic carbocycles. The van der Waals surface area contributed by atoms with Crippen molar-refractivity contribution in [3.63, 3.8) is 0 Å². The van der Waals surface area contributed by atoms with Crippen LogP contribution in [-0.4, -0.2) is 31.5 Å². The first-order valence-electron chi connectivity index (χ1n) is 7.41. The number of hydrogen-bond acceptors (Lipinski definition) is 3. The highest BCUT2D eigenvalue weighted by Gasteiger charge is 2.14. The van der Waals surface area contributed by atoms with Gasteiger partial charge in [0.25, 0.3) is 5.91 Å². The van der Waals surface area contributed by atoms with Gasteiger partial charge in [0.15, 0.2) is 0 Å². The van der Waals surface area contributed by atoms with Crippen molar-refractivity contribution in [1.29, 1.82) is 0 Å². The molecule has 4 heteroatoms. The van der Waals surface area contributed by atoms with E-state index in [0.29, 0.717) is 5.56 Å². The monoisotopic (exact) mass is 296 g/mol. The van der Waals surface area contributed by atoms with Gasteiger partial charge in [0.1, 0.15) is 5.75 Å². The van der Waals surface area contributed by atoms with E-state index in [1.807, 2.05) is 6.07 Å². The molecule has 0 saturated carbocycles. The van der Waals surface area contributed by atoms with Gasteiger partial charge < -0.3 is 15.0 Å². The zero-order valence-electron chi connectivity index (χ0n) is 12.9. The number of amides is 1. The third-order valence-electron chi connectivity index (χ3n) is 4.02. The van der Waals surface area contributed by atoms with Crippen LogP contribution >= 0.6 is 0 Å². The molecule has 4 nitrogen and oxygen atoms in total. The number of ether oxygens (including phenoxy) is 1. The molecule has 0 fully saturated rings. The standard InChI is InChI=1S/C18H20N2O2/c1-20-10-9-13-3-6-16(11-15(13)12-20)19-18(21)14-4-7-17(22-2)8-5-14/h3-8,11H,9-10,12H2,1-2H3,(H,19,21). The van der Waals surface area contributed by atoms with Gasteiger partial charge >= 0.3 is 0 Å². The highest BCUT2D eigenvalue weighted by atomic mass is 16.5. The number of nitrogens with one attached hydrogen (secondary N) is 1. The van der Waals surface area contributed by atoms with Crippen LogP contribution in [0.1, 0.15) is 21.5 Å². The minimum absolute atomic E-state index is 0.105. The molecule has 1 aliphatic heterocycles. The Bertz CT molecular complexity index is 680. The number of carbonyl (C=O) groups excluding carboxylic acids is 1. The number of hydrogen-bond donors (Lipinski definition) is 1. The molecular formula is C18H20N2O2. The summed E-state index contributed by atoms with van der Waals surface area (Å²) < 4.78 is 5.10. The second-order valence-electron chi connectivity index (χ2n) is 5.65. The van der Waals surface area contributed by atoms with Gasteiger partial charge in [-0.25, -0.2) is 0 Å². The van der Waals surface area contributed by atoms with E-state index in [4.69, 9.17) is 4.74 Å². The first-order valence-corrected chi connectivity index (χ1v) is 7.41. The fourth-order valence-electron chi connectivity index (χ4n) is 2.72. The lowest BCUT2D eigenvalue weighted by molar-refractivity contribution is 0.102. The van der Waals surface area contributed by atoms with Gasteiger partial charge in [0.2, 0.25) is 0 Å². The van der Waals surface area contributed by atoms with Crippen LogP contribution in [0.15, 0.2) is 42.5 Å². The minimum atomic E-state index is -0.105. The molecule has 22 heavy (non-hydrogen) atoms. The molecule has 0 bridgehead atoms. The molecule has 2 aromatic rings. The Balaban J connectivity index is 1.74. The van der Waals surface area contributed by atoms with Gasteiger partial charge in [-0.15, -0.1) is 0 Å². The zero-order valence-corrected chi connectivity index (χ0v) is 12.9. The molecule has 114 valence electrons. The molecule has 0 aromatic heterocycles. The molecule has 0 radical (unpaired) electrons. The Kier molecular flexibility index (Phi) is 4.11. The van der Waals surface area contributed by atoms with E-state index in [0.717, 1.165) is 30.9 Å². The lowest BCUT2D eigenvalue weighted by Crippen LogP contribution is -2.26. The van der Waals surface area contributed by atoms with Gasteiger partial charge in [0.05, 0.1) is 7.11 Å². The summed E-state index contributed by atoms with van der Waals surface area (Å²) in [5, 5.41) is 2.96. The normalized spacial score (nSPS) is 14.3. The molecular weight excluding hydrogens is 276 g/mol. The van der Waals surface area contributed by atoms with Crippen LogP contribution in [0, 0.1) is 0 Å². The topological polar surface area (TPSA) is 41.6 Å². The van der Waals surface area contributed by atoms with E-state index in [9.17, 15) is 4.79 Å². The summed E-state index contributed by atoms with van der Waals surface area (Å²) in [6.45, 7) is 2.02. The zero-order chi connectivity index (χ0) is 15.5. The van der Waals surface area contributed by atoms with Crippen LogP contribution in [0.2, 0.25) is 0 Å². The van der Waals surface area contributed by atoms with Crippen LogP contribution in [0.25, 0.3) is 0 Å². The van der Waals surface area contributed by atoms with Gasteiger partial charge in [-0.3, -0.25) is 4.79 Å². The molecule has 0 saturated heterocycles. The number of fused-ring (bicyclic) bond motifs is 1. The van der Waals surface area contributed by atoms with Crippen molar-refractivity contribution in [3.8, 4) is 5.75 Å². The van der Waals surface area contributed by atoms with Crippen LogP contribution in [0.3, 0.4) is 0 Å². The summed E-state index contributed by atoms with van der Waals surface area (Å²) in [5.41, 5.74) is 4.13. The number of methoxy groups -OCH3 is 1. The summed E-state index contributed by atoms with van der Waals surface area (Å²) in [6, 6.07) is 13.3. The van der Waals surface area contributed by atoms with Crippen molar-refractivity contribution in [1.82, 2.24) is 4.90 Å². The largest absolute Gasteiger partial charge is 0.497 e. The molecule has 3 rings (SSSR count). The number of likely N-dealkylation sites (N-methyl/N-ethyl adjacent to an activating group) is 1. The van der Waals surface area contributed by atoms with Crippen LogP contribution < -0.4 is 10.1 Å². The Hall–Kier alpha value is -2.33. The molecule has 2 aromatic carbocycles. The Morgan fingerprint density at radius 2 is 1.91 bits per heavy atom. The van der Waals surface area contributed by atoms with E-state index in [1.54, 1.807) is 31.4 Å². The first-order chi connectivity index (χ1) is 10.7. The van der Waals surface area contributed by atoms with Crippen molar-refractivity contribution in [2.45, 2.75) is 13.0 Å². The molecule has 1 N–H and O–H groups in total. The van der Waals surface area contributed by atoms with Crippen LogP contribution in [0.4, 0.5) is 5.69 Å². The highest BCUT2D eigenvalue weighted by Crippen LogP contribution is 2.22. The number of anilines is 1. The number of benzene rings is 2. The van der Waals surface area contributed by atoms with Crippen LogP contribution in [0.5, 0.6) is 5.75 Å². The van der Waals surface area contributed by atoms with Crippen molar-refractivity contribution in [3.05, 3.63) is 59.2 Å². The molecule has 1 heterocycles. The Labute approximate surface area is 130 Å². The Morgan fingerprint density at radius 3 is 2.64 bits per heavy atom. The average Bonchev–Trinajstić information content (AvgIpc) is 2.54. The molecule has 1 aliphatic rings. The SMILES string of the molecule is COc1ccc(C(=O)Nc2ccc3c(c2)CN(C)CC3)cc1. The number of rotatable bonds is 3. The number of carbonyl (C=O) groups is 1. The Morgan fingerprint density at radius 1 is 1.14 bits per heavy atom. The molecule has 1 amide bonds. The fourth-order valence-corrected chi connectivity index (χ4v) is 2.72. The van der Waals surface area contributed by atoms with Crippen molar-refractivity contribution >= 4 is 11.6 Å². The van der Waals surface area contributed by atoms with Gasteiger partial charge in [-0.2, -0.15) is 0 Å². The maximum absolute atomic E-state index is 12.3. The van der Waals surface area contributed by atoms with Crippen molar-refractivity contribution in [2.75, 3.05) is 26.0 Å². The summed E-state index contributed by atoms with van der Waals surface area (Å²) in [6.07, 6.45) is 1.07. The van der Waals surface area contributed by atoms with Crippen molar-refractivity contribution < 1.29 is 9.53 Å². The van der Waals surface area contributed by atoms with Gasteiger partial charge in [-0.1, -0.05) is 6.07 Å². The second kappa shape index (κ2) is 6.20. The first kappa shape index (κ1) is 14.6. The summed E-state index contributed by atoms with van der Waals surface area (Å²) in [4.78, 5) is 14.6. The fraction of sp³-hybridized carbons (Fsp3) is 0.278. The van der Waals surface area contributed by atoms with E-state index in [2.05, 4.69) is 29.4 Å². The quantitative estimate of drug-likeness (QED) is 0.947. The van der Waals surface area contributed by atoms with Gasteiger partial charge in [-0.05, 0) is 61.0 Å². The summed E-state index contributed by atoms with van der Waals surface area (Å²) in [7, 11) is 3.73. The summed E-state index contributed by atoms with van der Waals surface area (Å²) >= 11 is 0. The molecule has 0 atom stereocenters. The van der Waals surface area contributed by atoms with Crippen LogP contribution in [-0.2, 0) is 13.0 Å². The maximum atomic E-state index is 12.3. The smallest absolute Gasteiger partial charge is 0.255 e. The minimum Gasteiger partial charge on any atom is -0.497 e. The lowest BCUT2D eigenvalue weighted by Gasteiger charge is -2.25. The lowest BCUT2D eigenvalue weighted by atomic mass is 9.99. The third-order valence-corrected chi connectivity index (χ3v) is 4.02. The predicted octanol–water partition coefficient (Wildman–Crippen LogP) is 2.94. The van der Waals surface area contributed by atoms with E-state index in [1.165, 1.54) is 11.1 Å². The summed E-state index contributed by atoms with van der Waals surface area (Å²) in [5.74, 6) is 0.639. The maximum Gasteiger partial charge on any atom is 0.255 e. The van der Waals surface area contributed by atoms with Gasteiger partial charge in [0, 0.05) is 24.3 Å². The number of nitrogens with zero attached hydrogens (tertiary/aromatic N) is 1. The predicted molar refractivity (Wildman–Crippen MR) is 87.4 cm³/mol.